The molecule has 1 aromatic heterocycles. The minimum Gasteiger partial charge on any atom is -0.272 e. The van der Waals surface area contributed by atoms with Crippen LogP contribution in [0.3, 0.4) is 0 Å². The van der Waals surface area contributed by atoms with Crippen molar-refractivity contribution in [1.29, 1.82) is 0 Å². The van der Waals surface area contributed by atoms with Crippen LogP contribution in [0.1, 0.15) is 12.5 Å². The lowest BCUT2D eigenvalue weighted by Gasteiger charge is -2.27. The van der Waals surface area contributed by atoms with Gasteiger partial charge in [0.15, 0.2) is 5.84 Å². The number of aromatic nitrogens is 1. The van der Waals surface area contributed by atoms with Crippen LogP contribution in [0.4, 0.5) is 0 Å². The zero-order valence-corrected chi connectivity index (χ0v) is 12.4. The van der Waals surface area contributed by atoms with Crippen LogP contribution in [-0.2, 0) is 4.84 Å². The molecule has 2 aliphatic rings. The summed E-state index contributed by atoms with van der Waals surface area (Å²) in [6.07, 6.45) is 12.2. The third-order valence-electron chi connectivity index (χ3n) is 3.32. The summed E-state index contributed by atoms with van der Waals surface area (Å²) in [6.45, 7) is 2.61. The first-order valence-electron chi connectivity index (χ1n) is 6.68. The molecule has 0 bridgehead atoms. The van der Waals surface area contributed by atoms with Gasteiger partial charge in [0.25, 0.3) is 0 Å². The van der Waals surface area contributed by atoms with Crippen molar-refractivity contribution in [2.24, 2.45) is 4.99 Å². The molecular formula is C15H17N3OS. The normalized spacial score (nSPS) is 24.4. The fraction of sp³-hybridized carbons (Fsp3) is 0.333. The maximum absolute atomic E-state index is 5.80. The molecule has 0 fully saturated rings. The highest BCUT2D eigenvalue weighted by Crippen LogP contribution is 2.30. The summed E-state index contributed by atoms with van der Waals surface area (Å²) in [5.74, 6) is 0.859. The molecular weight excluding hydrogens is 270 g/mol. The SMILES string of the molecule is CCON1C(c2cccnc2)=NC2C=C(SC)C=CC21. The molecule has 3 rings (SSSR count). The second kappa shape index (κ2) is 5.81. The molecule has 1 aliphatic heterocycles. The summed E-state index contributed by atoms with van der Waals surface area (Å²) in [6, 6.07) is 4.19. The van der Waals surface area contributed by atoms with Crippen LogP contribution in [-0.4, -0.2) is 40.8 Å². The number of aliphatic imine (C=N–C) groups is 1. The highest BCUT2D eigenvalue weighted by Gasteiger charge is 2.36. The van der Waals surface area contributed by atoms with E-state index in [2.05, 4.69) is 29.5 Å². The molecule has 0 amide bonds. The average molecular weight is 287 g/mol. The minimum absolute atomic E-state index is 0.115. The number of nitrogens with zero attached hydrogens (tertiary/aromatic N) is 3. The van der Waals surface area contributed by atoms with Crippen molar-refractivity contribution < 1.29 is 4.84 Å². The molecule has 0 saturated carbocycles. The summed E-state index contributed by atoms with van der Waals surface area (Å²) >= 11 is 1.74. The number of hydrogen-bond donors (Lipinski definition) is 0. The molecule has 4 nitrogen and oxygen atoms in total. The van der Waals surface area contributed by atoms with Gasteiger partial charge in [0.05, 0.1) is 12.6 Å². The van der Waals surface area contributed by atoms with Crippen molar-refractivity contribution in [3.05, 3.63) is 53.2 Å². The molecule has 1 aromatic rings. The molecule has 2 atom stereocenters. The summed E-state index contributed by atoms with van der Waals surface area (Å²) in [5, 5.41) is 1.91. The van der Waals surface area contributed by atoms with Crippen LogP contribution in [0.2, 0.25) is 0 Å². The van der Waals surface area contributed by atoms with Crippen molar-refractivity contribution in [2.45, 2.75) is 19.0 Å². The smallest absolute Gasteiger partial charge is 0.158 e. The Labute approximate surface area is 123 Å². The fourth-order valence-electron chi connectivity index (χ4n) is 2.42. The Hall–Kier alpha value is -1.59. The first-order valence-corrected chi connectivity index (χ1v) is 7.90. The number of hydrogen-bond acceptors (Lipinski definition) is 5. The molecule has 1 aliphatic carbocycles. The Morgan fingerprint density at radius 2 is 2.35 bits per heavy atom. The van der Waals surface area contributed by atoms with Crippen LogP contribution in [0.15, 0.2) is 52.7 Å². The van der Waals surface area contributed by atoms with E-state index in [1.54, 1.807) is 18.0 Å². The predicted molar refractivity (Wildman–Crippen MR) is 82.6 cm³/mol. The Morgan fingerprint density at radius 3 is 3.05 bits per heavy atom. The predicted octanol–water partition coefficient (Wildman–Crippen LogP) is 2.65. The van der Waals surface area contributed by atoms with Crippen LogP contribution in [0.5, 0.6) is 0 Å². The lowest BCUT2D eigenvalue weighted by molar-refractivity contribution is -0.105. The van der Waals surface area contributed by atoms with E-state index in [0.717, 1.165) is 11.4 Å². The van der Waals surface area contributed by atoms with E-state index in [0.29, 0.717) is 6.61 Å². The van der Waals surface area contributed by atoms with Crippen molar-refractivity contribution in [3.8, 4) is 0 Å². The lowest BCUT2D eigenvalue weighted by atomic mass is 10.0. The molecule has 5 heteroatoms. The number of hydroxylamine groups is 2. The Kier molecular flexibility index (Phi) is 3.89. The van der Waals surface area contributed by atoms with Gasteiger partial charge < -0.3 is 0 Å². The van der Waals surface area contributed by atoms with Crippen LogP contribution in [0.25, 0.3) is 0 Å². The molecule has 0 spiro atoms. The maximum atomic E-state index is 5.80. The van der Waals surface area contributed by atoms with Crippen molar-refractivity contribution >= 4 is 17.6 Å². The van der Waals surface area contributed by atoms with E-state index in [-0.39, 0.29) is 12.1 Å². The van der Waals surface area contributed by atoms with Crippen molar-refractivity contribution in [1.82, 2.24) is 10.0 Å². The van der Waals surface area contributed by atoms with Gasteiger partial charge in [-0.1, -0.05) is 12.2 Å². The number of fused-ring (bicyclic) bond motifs is 1. The third kappa shape index (κ3) is 2.39. The standard InChI is InChI=1S/C15H17N3OS/c1-3-19-18-14-7-6-12(20-2)9-13(14)17-15(18)11-5-4-8-16-10-11/h4-10,13-14H,3H2,1-2H3. The van der Waals surface area contributed by atoms with Crippen LogP contribution < -0.4 is 0 Å². The second-order valence-corrected chi connectivity index (χ2v) is 5.43. The molecule has 0 radical (unpaired) electrons. The van der Waals surface area contributed by atoms with Gasteiger partial charge in [-0.3, -0.25) is 14.8 Å². The molecule has 0 saturated heterocycles. The lowest BCUT2D eigenvalue weighted by Crippen LogP contribution is -2.39. The third-order valence-corrected chi connectivity index (χ3v) is 4.06. The van der Waals surface area contributed by atoms with E-state index in [4.69, 9.17) is 9.83 Å². The average Bonchev–Trinajstić information content (AvgIpc) is 2.86. The molecule has 2 unspecified atom stereocenters. The van der Waals surface area contributed by atoms with Gasteiger partial charge in [-0.15, -0.1) is 11.8 Å². The molecule has 0 aromatic carbocycles. The first kappa shape index (κ1) is 13.4. The van der Waals surface area contributed by atoms with Gasteiger partial charge in [-0.2, -0.15) is 0 Å². The maximum Gasteiger partial charge on any atom is 0.158 e. The Bertz CT molecular complexity index is 568. The summed E-state index contributed by atoms with van der Waals surface area (Å²) in [4.78, 5) is 16.0. The molecule has 0 N–H and O–H groups in total. The van der Waals surface area contributed by atoms with Gasteiger partial charge in [0.1, 0.15) is 6.04 Å². The van der Waals surface area contributed by atoms with Gasteiger partial charge >= 0.3 is 0 Å². The molecule has 2 heterocycles. The Balaban J connectivity index is 1.96. The van der Waals surface area contributed by atoms with E-state index in [9.17, 15) is 0 Å². The van der Waals surface area contributed by atoms with E-state index in [1.807, 2.05) is 30.3 Å². The number of amidine groups is 1. The quantitative estimate of drug-likeness (QED) is 0.853. The number of rotatable bonds is 4. The molecule has 104 valence electrons. The zero-order valence-electron chi connectivity index (χ0n) is 11.6. The number of allylic oxidation sites excluding steroid dienone is 1. The van der Waals surface area contributed by atoms with E-state index >= 15 is 0 Å². The summed E-state index contributed by atoms with van der Waals surface area (Å²) in [7, 11) is 0. The second-order valence-electron chi connectivity index (χ2n) is 4.55. The highest BCUT2D eigenvalue weighted by atomic mass is 32.2. The van der Waals surface area contributed by atoms with Gasteiger partial charge in [-0.25, -0.2) is 5.06 Å². The largest absolute Gasteiger partial charge is 0.272 e. The van der Waals surface area contributed by atoms with Gasteiger partial charge in [0, 0.05) is 22.9 Å². The Morgan fingerprint density at radius 1 is 1.45 bits per heavy atom. The first-order chi connectivity index (χ1) is 9.83. The molecule has 20 heavy (non-hydrogen) atoms. The zero-order chi connectivity index (χ0) is 13.9. The van der Waals surface area contributed by atoms with Gasteiger partial charge in [-0.05, 0) is 31.4 Å². The van der Waals surface area contributed by atoms with E-state index < -0.39 is 0 Å². The van der Waals surface area contributed by atoms with Gasteiger partial charge in [0.2, 0.25) is 0 Å². The number of pyridine rings is 1. The topological polar surface area (TPSA) is 37.7 Å². The van der Waals surface area contributed by atoms with Crippen LogP contribution >= 0.6 is 11.8 Å². The van der Waals surface area contributed by atoms with Crippen molar-refractivity contribution in [2.75, 3.05) is 12.9 Å². The number of thioether (sulfide) groups is 1. The van der Waals surface area contributed by atoms with Crippen LogP contribution in [0, 0.1) is 0 Å². The summed E-state index contributed by atoms with van der Waals surface area (Å²) in [5.41, 5.74) is 0.989. The van der Waals surface area contributed by atoms with E-state index in [1.165, 1.54) is 4.91 Å². The fourth-order valence-corrected chi connectivity index (χ4v) is 2.91. The monoisotopic (exact) mass is 287 g/mol. The minimum atomic E-state index is 0.115. The highest BCUT2D eigenvalue weighted by molar-refractivity contribution is 8.02. The summed E-state index contributed by atoms with van der Waals surface area (Å²) < 4.78 is 0. The van der Waals surface area contributed by atoms with Crippen molar-refractivity contribution in [3.63, 3.8) is 0 Å².